The zero-order chi connectivity index (χ0) is 15.9. The monoisotopic (exact) mass is 311 g/mol. The normalized spacial score (nSPS) is 11.4. The number of carbonyl (C=O) groups excluding carboxylic acids is 1. The number of benzene rings is 1. The van der Waals surface area contributed by atoms with Crippen LogP contribution in [0.2, 0.25) is 0 Å². The van der Waals surface area contributed by atoms with Gasteiger partial charge in [-0.25, -0.2) is 8.42 Å². The van der Waals surface area contributed by atoms with Gasteiger partial charge in [0.05, 0.1) is 17.9 Å². The molecule has 0 aromatic heterocycles. The van der Waals surface area contributed by atoms with Crippen molar-refractivity contribution in [2.75, 3.05) is 19.7 Å². The standard InChI is InChI=1S/C15H21NO4S/c1-4-11-16(12-10-15(17)20-5-2)21(18,19)14-8-6-13(3)7-9-14/h4,6-9H,1,5,10-12H2,2-3H3. The lowest BCUT2D eigenvalue weighted by molar-refractivity contribution is -0.143. The Balaban J connectivity index is 2.89. The lowest BCUT2D eigenvalue weighted by Gasteiger charge is -2.20. The van der Waals surface area contributed by atoms with Gasteiger partial charge in [-0.1, -0.05) is 23.8 Å². The van der Waals surface area contributed by atoms with Crippen LogP contribution in [-0.2, 0) is 19.6 Å². The number of nitrogens with zero attached hydrogens (tertiary/aromatic N) is 1. The number of sulfonamides is 1. The molecule has 0 aliphatic rings. The van der Waals surface area contributed by atoms with Gasteiger partial charge in [0.15, 0.2) is 0 Å². The highest BCUT2D eigenvalue weighted by molar-refractivity contribution is 7.89. The Morgan fingerprint density at radius 1 is 1.33 bits per heavy atom. The fourth-order valence-electron chi connectivity index (χ4n) is 1.76. The molecule has 116 valence electrons. The Labute approximate surface area is 126 Å². The summed E-state index contributed by atoms with van der Waals surface area (Å²) in [5, 5.41) is 0. The fraction of sp³-hybridized carbons (Fsp3) is 0.400. The summed E-state index contributed by atoms with van der Waals surface area (Å²) in [7, 11) is -3.64. The number of carbonyl (C=O) groups is 1. The molecule has 0 unspecified atom stereocenters. The summed E-state index contributed by atoms with van der Waals surface area (Å²) in [4.78, 5) is 11.6. The number of rotatable bonds is 8. The van der Waals surface area contributed by atoms with E-state index in [0.717, 1.165) is 5.56 Å². The fourth-order valence-corrected chi connectivity index (χ4v) is 3.17. The smallest absolute Gasteiger partial charge is 0.307 e. The average Bonchev–Trinajstić information content (AvgIpc) is 2.44. The van der Waals surface area contributed by atoms with Gasteiger partial charge in [0.1, 0.15) is 0 Å². The molecule has 1 aromatic rings. The minimum atomic E-state index is -3.64. The van der Waals surface area contributed by atoms with E-state index in [-0.39, 0.29) is 31.0 Å². The molecule has 0 amide bonds. The van der Waals surface area contributed by atoms with Gasteiger partial charge in [0, 0.05) is 13.1 Å². The zero-order valence-electron chi connectivity index (χ0n) is 12.4. The van der Waals surface area contributed by atoms with Crippen LogP contribution in [0.4, 0.5) is 0 Å². The molecule has 1 aromatic carbocycles. The average molecular weight is 311 g/mol. The second kappa shape index (κ2) is 7.95. The molecule has 0 aliphatic heterocycles. The molecule has 0 saturated heterocycles. The summed E-state index contributed by atoms with van der Waals surface area (Å²) in [5.41, 5.74) is 0.982. The van der Waals surface area contributed by atoms with Crippen molar-refractivity contribution >= 4 is 16.0 Å². The van der Waals surface area contributed by atoms with Gasteiger partial charge in [0.2, 0.25) is 10.0 Å². The number of esters is 1. The summed E-state index contributed by atoms with van der Waals surface area (Å²) in [6.07, 6.45) is 1.52. The number of aryl methyl sites for hydroxylation is 1. The highest BCUT2D eigenvalue weighted by Crippen LogP contribution is 2.16. The molecule has 0 fully saturated rings. The summed E-state index contributed by atoms with van der Waals surface area (Å²) >= 11 is 0. The maximum Gasteiger partial charge on any atom is 0.307 e. The topological polar surface area (TPSA) is 63.7 Å². The van der Waals surface area contributed by atoms with Crippen molar-refractivity contribution in [1.29, 1.82) is 0 Å². The summed E-state index contributed by atoms with van der Waals surface area (Å²) in [6, 6.07) is 6.60. The van der Waals surface area contributed by atoms with E-state index in [1.165, 1.54) is 10.4 Å². The summed E-state index contributed by atoms with van der Waals surface area (Å²) in [5.74, 6) is -0.411. The molecule has 0 spiro atoms. The molecule has 0 heterocycles. The van der Waals surface area contributed by atoms with Crippen LogP contribution in [0.1, 0.15) is 18.9 Å². The summed E-state index contributed by atoms with van der Waals surface area (Å²) < 4.78 is 31.1. The Morgan fingerprint density at radius 3 is 2.48 bits per heavy atom. The second-order valence-electron chi connectivity index (χ2n) is 4.52. The van der Waals surface area contributed by atoms with Crippen LogP contribution in [0, 0.1) is 6.92 Å². The van der Waals surface area contributed by atoms with Gasteiger partial charge < -0.3 is 4.74 Å². The molecule has 0 atom stereocenters. The molecule has 0 aliphatic carbocycles. The SMILES string of the molecule is C=CCN(CCC(=O)OCC)S(=O)(=O)c1ccc(C)cc1. The third kappa shape index (κ3) is 4.99. The Hall–Kier alpha value is -1.66. The van der Waals surface area contributed by atoms with Crippen LogP contribution < -0.4 is 0 Å². The van der Waals surface area contributed by atoms with E-state index in [1.807, 2.05) is 6.92 Å². The van der Waals surface area contributed by atoms with E-state index in [1.54, 1.807) is 31.2 Å². The molecule has 0 radical (unpaired) electrons. The van der Waals surface area contributed by atoms with E-state index in [2.05, 4.69) is 6.58 Å². The largest absolute Gasteiger partial charge is 0.466 e. The van der Waals surface area contributed by atoms with Crippen molar-refractivity contribution < 1.29 is 17.9 Å². The zero-order valence-corrected chi connectivity index (χ0v) is 13.2. The highest BCUT2D eigenvalue weighted by Gasteiger charge is 2.24. The first-order valence-electron chi connectivity index (χ1n) is 6.75. The first-order valence-corrected chi connectivity index (χ1v) is 8.19. The second-order valence-corrected chi connectivity index (χ2v) is 6.46. The third-order valence-electron chi connectivity index (χ3n) is 2.86. The maximum absolute atomic E-state index is 12.5. The molecule has 0 saturated carbocycles. The Kier molecular flexibility index (Phi) is 6.58. The Morgan fingerprint density at radius 2 is 1.95 bits per heavy atom. The van der Waals surface area contributed by atoms with Crippen molar-refractivity contribution in [3.8, 4) is 0 Å². The van der Waals surface area contributed by atoms with Gasteiger partial charge in [-0.3, -0.25) is 4.79 Å². The third-order valence-corrected chi connectivity index (χ3v) is 4.74. The van der Waals surface area contributed by atoms with E-state index in [0.29, 0.717) is 0 Å². The first-order chi connectivity index (χ1) is 9.91. The van der Waals surface area contributed by atoms with E-state index in [4.69, 9.17) is 4.74 Å². The molecule has 0 bridgehead atoms. The molecule has 6 heteroatoms. The van der Waals surface area contributed by atoms with Gasteiger partial charge in [-0.05, 0) is 26.0 Å². The maximum atomic E-state index is 12.5. The van der Waals surface area contributed by atoms with Gasteiger partial charge >= 0.3 is 5.97 Å². The van der Waals surface area contributed by atoms with Crippen LogP contribution in [0.5, 0.6) is 0 Å². The molecule has 21 heavy (non-hydrogen) atoms. The predicted molar refractivity (Wildman–Crippen MR) is 81.4 cm³/mol. The van der Waals surface area contributed by atoms with Crippen molar-refractivity contribution in [1.82, 2.24) is 4.31 Å². The molecule has 0 N–H and O–H groups in total. The van der Waals surface area contributed by atoms with Gasteiger partial charge in [0.25, 0.3) is 0 Å². The minimum absolute atomic E-state index is 0.0206. The molecular weight excluding hydrogens is 290 g/mol. The van der Waals surface area contributed by atoms with Crippen molar-refractivity contribution in [3.63, 3.8) is 0 Å². The van der Waals surface area contributed by atoms with Crippen LogP contribution in [0.25, 0.3) is 0 Å². The highest BCUT2D eigenvalue weighted by atomic mass is 32.2. The number of ether oxygens (including phenoxy) is 1. The van der Waals surface area contributed by atoms with E-state index >= 15 is 0 Å². The predicted octanol–water partition coefficient (Wildman–Crippen LogP) is 2.12. The van der Waals surface area contributed by atoms with Crippen LogP contribution >= 0.6 is 0 Å². The lowest BCUT2D eigenvalue weighted by Crippen LogP contribution is -2.33. The molecular formula is C15H21NO4S. The summed E-state index contributed by atoms with van der Waals surface area (Å²) in [6.45, 7) is 7.66. The van der Waals surface area contributed by atoms with Crippen LogP contribution in [0.15, 0.2) is 41.8 Å². The van der Waals surface area contributed by atoms with Crippen molar-refractivity contribution in [2.45, 2.75) is 25.2 Å². The molecule has 1 rings (SSSR count). The van der Waals surface area contributed by atoms with E-state index < -0.39 is 16.0 Å². The van der Waals surface area contributed by atoms with E-state index in [9.17, 15) is 13.2 Å². The molecule has 5 nitrogen and oxygen atoms in total. The minimum Gasteiger partial charge on any atom is -0.466 e. The van der Waals surface area contributed by atoms with Crippen molar-refractivity contribution in [2.24, 2.45) is 0 Å². The van der Waals surface area contributed by atoms with Gasteiger partial charge in [-0.2, -0.15) is 4.31 Å². The van der Waals surface area contributed by atoms with Crippen molar-refractivity contribution in [3.05, 3.63) is 42.5 Å². The number of hydrogen-bond acceptors (Lipinski definition) is 4. The van der Waals surface area contributed by atoms with Crippen LogP contribution in [0.3, 0.4) is 0 Å². The lowest BCUT2D eigenvalue weighted by atomic mass is 10.2. The Bertz CT molecular complexity index is 578. The number of hydrogen-bond donors (Lipinski definition) is 0. The van der Waals surface area contributed by atoms with Crippen LogP contribution in [-0.4, -0.2) is 38.4 Å². The van der Waals surface area contributed by atoms with Gasteiger partial charge in [-0.15, -0.1) is 6.58 Å². The first kappa shape index (κ1) is 17.4. The quantitative estimate of drug-likeness (QED) is 0.545.